The van der Waals surface area contributed by atoms with Crippen molar-refractivity contribution in [2.45, 2.75) is 25.7 Å². The predicted molar refractivity (Wildman–Crippen MR) is 81.8 cm³/mol. The van der Waals surface area contributed by atoms with Crippen molar-refractivity contribution in [2.24, 2.45) is 0 Å². The Morgan fingerprint density at radius 2 is 2.32 bits per heavy atom. The van der Waals surface area contributed by atoms with Crippen LogP contribution in [0.3, 0.4) is 0 Å². The average Bonchev–Trinajstić information content (AvgIpc) is 2.76. The van der Waals surface area contributed by atoms with Crippen LogP contribution in [0.25, 0.3) is 0 Å². The van der Waals surface area contributed by atoms with Gasteiger partial charge in [0.1, 0.15) is 11.1 Å². The quantitative estimate of drug-likeness (QED) is 0.669. The number of fused-ring (bicyclic) bond motifs is 1. The van der Waals surface area contributed by atoms with Gasteiger partial charge in [0.15, 0.2) is 0 Å². The Morgan fingerprint density at radius 1 is 1.53 bits per heavy atom. The van der Waals surface area contributed by atoms with Gasteiger partial charge < -0.3 is 5.32 Å². The minimum Gasteiger partial charge on any atom is -0.316 e. The number of nitriles is 1. The number of carbonyl (C=O) groups is 1. The van der Waals surface area contributed by atoms with Gasteiger partial charge in [0.05, 0.1) is 11.3 Å². The van der Waals surface area contributed by atoms with E-state index < -0.39 is 0 Å². The Morgan fingerprint density at radius 3 is 3.05 bits per heavy atom. The van der Waals surface area contributed by atoms with Gasteiger partial charge in [-0.2, -0.15) is 5.26 Å². The summed E-state index contributed by atoms with van der Waals surface area (Å²) < 4.78 is 0. The van der Waals surface area contributed by atoms with Crippen LogP contribution in [0.5, 0.6) is 0 Å². The van der Waals surface area contributed by atoms with Crippen LogP contribution in [0.4, 0.5) is 5.00 Å². The number of carbonyl (C=O) groups excluding carboxylic acids is 1. The van der Waals surface area contributed by atoms with Crippen LogP contribution in [0.1, 0.15) is 28.8 Å². The summed E-state index contributed by atoms with van der Waals surface area (Å²) in [6, 6.07) is 2.25. The van der Waals surface area contributed by atoms with Gasteiger partial charge in [0.2, 0.25) is 5.91 Å². The van der Waals surface area contributed by atoms with E-state index in [0.717, 1.165) is 35.6 Å². The maximum atomic E-state index is 11.8. The number of nitrogens with zero attached hydrogens (tertiary/aromatic N) is 1. The molecule has 1 heterocycles. The molecule has 0 radical (unpaired) electrons. The van der Waals surface area contributed by atoms with Gasteiger partial charge in [-0.15, -0.1) is 29.7 Å². The molecule has 1 aliphatic rings. The van der Waals surface area contributed by atoms with Crippen LogP contribution in [0, 0.1) is 11.3 Å². The zero-order chi connectivity index (χ0) is 13.7. The Bertz CT molecular complexity index is 528. The van der Waals surface area contributed by atoms with Crippen molar-refractivity contribution in [2.75, 3.05) is 16.8 Å². The predicted octanol–water partition coefficient (Wildman–Crippen LogP) is 3.36. The lowest BCUT2D eigenvalue weighted by molar-refractivity contribution is -0.113. The fraction of sp³-hybridized carbons (Fsp3) is 0.429. The molecule has 1 aromatic rings. The first kappa shape index (κ1) is 14.2. The molecule has 0 aliphatic heterocycles. The minimum atomic E-state index is -0.0399. The summed E-state index contributed by atoms with van der Waals surface area (Å²) in [5.41, 5.74) is 1.84. The van der Waals surface area contributed by atoms with Crippen molar-refractivity contribution >= 4 is 34.0 Å². The molecule has 2 rings (SSSR count). The number of hydrogen-bond donors (Lipinski definition) is 1. The Hall–Kier alpha value is -1.25. The maximum absolute atomic E-state index is 11.8. The monoisotopic (exact) mass is 292 g/mol. The zero-order valence-electron chi connectivity index (χ0n) is 10.7. The molecule has 0 unspecified atom stereocenters. The molecule has 5 heteroatoms. The lowest BCUT2D eigenvalue weighted by Crippen LogP contribution is -2.14. The van der Waals surface area contributed by atoms with E-state index in [9.17, 15) is 10.1 Å². The summed E-state index contributed by atoms with van der Waals surface area (Å²) in [5.74, 6) is 1.13. The minimum absolute atomic E-state index is 0.0399. The van der Waals surface area contributed by atoms with E-state index in [1.807, 2.05) is 0 Å². The Kier molecular flexibility index (Phi) is 5.06. The smallest absolute Gasteiger partial charge is 0.235 e. The second-order valence-electron chi connectivity index (χ2n) is 4.38. The normalized spacial score (nSPS) is 13.4. The van der Waals surface area contributed by atoms with E-state index in [1.165, 1.54) is 23.1 Å². The van der Waals surface area contributed by atoms with Gasteiger partial charge in [-0.3, -0.25) is 4.79 Å². The molecule has 3 nitrogen and oxygen atoms in total. The third-order valence-corrected chi connectivity index (χ3v) is 5.15. The lowest BCUT2D eigenvalue weighted by atomic mass is 9.96. The van der Waals surface area contributed by atoms with Crippen LogP contribution < -0.4 is 5.32 Å². The van der Waals surface area contributed by atoms with E-state index in [2.05, 4.69) is 18.0 Å². The van der Waals surface area contributed by atoms with Gasteiger partial charge >= 0.3 is 0 Å². The van der Waals surface area contributed by atoms with E-state index in [1.54, 1.807) is 17.4 Å². The van der Waals surface area contributed by atoms with Crippen LogP contribution in [-0.2, 0) is 17.6 Å². The Balaban J connectivity index is 2.08. The highest BCUT2D eigenvalue weighted by atomic mass is 32.2. The molecule has 0 aromatic carbocycles. The lowest BCUT2D eigenvalue weighted by Gasteiger charge is -2.09. The average molecular weight is 292 g/mol. The molecule has 1 amide bonds. The maximum Gasteiger partial charge on any atom is 0.235 e. The number of thioether (sulfide) groups is 1. The third kappa shape index (κ3) is 3.40. The third-order valence-electron chi connectivity index (χ3n) is 3.00. The molecule has 0 spiro atoms. The van der Waals surface area contributed by atoms with Crippen molar-refractivity contribution in [3.63, 3.8) is 0 Å². The first-order valence-corrected chi connectivity index (χ1v) is 8.26. The van der Waals surface area contributed by atoms with Gasteiger partial charge in [-0.1, -0.05) is 6.08 Å². The van der Waals surface area contributed by atoms with Crippen molar-refractivity contribution in [1.82, 2.24) is 0 Å². The molecular formula is C14H16N2OS2. The van der Waals surface area contributed by atoms with Gasteiger partial charge in [-0.05, 0) is 31.2 Å². The molecule has 1 N–H and O–H groups in total. The molecule has 1 aliphatic carbocycles. The highest BCUT2D eigenvalue weighted by molar-refractivity contribution is 8.00. The number of aryl methyl sites for hydroxylation is 1. The topological polar surface area (TPSA) is 52.9 Å². The van der Waals surface area contributed by atoms with Gasteiger partial charge in [-0.25, -0.2) is 0 Å². The Labute approximate surface area is 121 Å². The van der Waals surface area contributed by atoms with Crippen LogP contribution in [0.15, 0.2) is 12.7 Å². The molecule has 0 atom stereocenters. The number of anilines is 1. The molecule has 19 heavy (non-hydrogen) atoms. The van der Waals surface area contributed by atoms with Crippen molar-refractivity contribution in [3.8, 4) is 6.07 Å². The number of nitrogens with one attached hydrogen (secondary N) is 1. The SMILES string of the molecule is C=CCSCC(=O)Nc1sc2c(c1C#N)CCCC2. The summed E-state index contributed by atoms with van der Waals surface area (Å²) >= 11 is 3.09. The number of amides is 1. The van der Waals surface area contributed by atoms with Crippen LogP contribution >= 0.6 is 23.1 Å². The van der Waals surface area contributed by atoms with E-state index in [4.69, 9.17) is 0 Å². The summed E-state index contributed by atoms with van der Waals surface area (Å²) in [5, 5.41) is 12.9. The van der Waals surface area contributed by atoms with E-state index in [0.29, 0.717) is 11.3 Å². The molecule has 0 saturated heterocycles. The summed E-state index contributed by atoms with van der Waals surface area (Å²) in [7, 11) is 0. The highest BCUT2D eigenvalue weighted by Gasteiger charge is 2.21. The summed E-state index contributed by atoms with van der Waals surface area (Å²) in [4.78, 5) is 13.1. The zero-order valence-corrected chi connectivity index (χ0v) is 12.3. The molecular weight excluding hydrogens is 276 g/mol. The second kappa shape index (κ2) is 6.78. The molecule has 100 valence electrons. The molecule has 1 aromatic heterocycles. The van der Waals surface area contributed by atoms with Gasteiger partial charge in [0.25, 0.3) is 0 Å². The largest absolute Gasteiger partial charge is 0.316 e. The standard InChI is InChI=1S/C14H16N2OS2/c1-2-7-18-9-13(17)16-14-11(8-15)10-5-3-4-6-12(10)19-14/h2H,1,3-7,9H2,(H,16,17). The number of thiophene rings is 1. The van der Waals surface area contributed by atoms with E-state index >= 15 is 0 Å². The van der Waals surface area contributed by atoms with Crippen molar-refractivity contribution < 1.29 is 4.79 Å². The molecule has 0 bridgehead atoms. The molecule has 0 fully saturated rings. The number of rotatable bonds is 5. The van der Waals surface area contributed by atoms with Gasteiger partial charge in [0, 0.05) is 10.6 Å². The summed E-state index contributed by atoms with van der Waals surface area (Å²) in [6.45, 7) is 3.62. The van der Waals surface area contributed by atoms with Crippen molar-refractivity contribution in [3.05, 3.63) is 28.7 Å². The van der Waals surface area contributed by atoms with E-state index in [-0.39, 0.29) is 5.91 Å². The highest BCUT2D eigenvalue weighted by Crippen LogP contribution is 2.37. The fourth-order valence-electron chi connectivity index (χ4n) is 2.17. The molecule has 0 saturated carbocycles. The van der Waals surface area contributed by atoms with Crippen LogP contribution in [-0.4, -0.2) is 17.4 Å². The first-order valence-electron chi connectivity index (χ1n) is 6.29. The summed E-state index contributed by atoms with van der Waals surface area (Å²) in [6.07, 6.45) is 6.11. The van der Waals surface area contributed by atoms with Crippen LogP contribution in [0.2, 0.25) is 0 Å². The van der Waals surface area contributed by atoms with Crippen molar-refractivity contribution in [1.29, 1.82) is 5.26 Å². The number of hydrogen-bond acceptors (Lipinski definition) is 4. The second-order valence-corrected chi connectivity index (χ2v) is 6.51. The fourth-order valence-corrected chi connectivity index (χ4v) is 3.97. The first-order chi connectivity index (χ1) is 9.26.